The Hall–Kier alpha value is -2.54. The van der Waals surface area contributed by atoms with Gasteiger partial charge in [-0.05, 0) is 31.3 Å². The fourth-order valence-electron chi connectivity index (χ4n) is 3.21. The number of fused-ring (bicyclic) bond motifs is 3. The summed E-state index contributed by atoms with van der Waals surface area (Å²) in [4.78, 5) is 25.5. The Bertz CT molecular complexity index is 798. The van der Waals surface area contributed by atoms with Crippen LogP contribution >= 0.6 is 0 Å². The molecule has 0 bridgehead atoms. The van der Waals surface area contributed by atoms with E-state index in [0.29, 0.717) is 31.9 Å². The van der Waals surface area contributed by atoms with Crippen LogP contribution in [0.5, 0.6) is 0 Å². The summed E-state index contributed by atoms with van der Waals surface area (Å²) in [6, 6.07) is 7.55. The van der Waals surface area contributed by atoms with Gasteiger partial charge in [0.15, 0.2) is 0 Å². The van der Waals surface area contributed by atoms with Crippen molar-refractivity contribution >= 4 is 28.7 Å². The normalized spacial score (nSPS) is 20.6. The number of nitrogens with one attached hydrogen (secondary N) is 1. The number of carbonyl (C=O) groups excluding carboxylic acids is 2. The maximum absolute atomic E-state index is 12.0. The molecule has 3 heterocycles. The molecule has 0 saturated carbocycles. The van der Waals surface area contributed by atoms with Crippen LogP contribution in [-0.2, 0) is 16.0 Å². The quantitative estimate of drug-likeness (QED) is 0.866. The number of benzene rings is 1. The lowest BCUT2D eigenvalue weighted by Gasteiger charge is -2.16. The predicted molar refractivity (Wildman–Crippen MR) is 83.8 cm³/mol. The zero-order valence-electron chi connectivity index (χ0n) is 12.7. The summed E-state index contributed by atoms with van der Waals surface area (Å²) in [5.74, 6) is -0.302. The van der Waals surface area contributed by atoms with Gasteiger partial charge in [0.2, 0.25) is 0 Å². The SMILES string of the molecule is CNCC1CN(c2ccc3c(c2)cc2n3CCOC2=O)C(=O)O1. The van der Waals surface area contributed by atoms with Gasteiger partial charge in [0.05, 0.1) is 13.1 Å². The van der Waals surface area contributed by atoms with Crippen molar-refractivity contribution in [2.45, 2.75) is 12.6 Å². The number of ether oxygens (including phenoxy) is 2. The minimum atomic E-state index is -0.340. The third-order valence-electron chi connectivity index (χ3n) is 4.26. The fraction of sp³-hybridized carbons (Fsp3) is 0.375. The van der Waals surface area contributed by atoms with Crippen LogP contribution in [0.4, 0.5) is 10.5 Å². The van der Waals surface area contributed by atoms with Gasteiger partial charge in [-0.25, -0.2) is 9.59 Å². The van der Waals surface area contributed by atoms with Crippen molar-refractivity contribution in [3.63, 3.8) is 0 Å². The van der Waals surface area contributed by atoms with E-state index in [2.05, 4.69) is 5.32 Å². The lowest BCUT2D eigenvalue weighted by Crippen LogP contribution is -2.29. The molecule has 4 rings (SSSR count). The summed E-state index contributed by atoms with van der Waals surface area (Å²) in [6.07, 6.45) is -0.492. The molecule has 0 radical (unpaired) electrons. The van der Waals surface area contributed by atoms with Crippen LogP contribution < -0.4 is 10.2 Å². The Morgan fingerprint density at radius 2 is 2.17 bits per heavy atom. The highest BCUT2D eigenvalue weighted by Crippen LogP contribution is 2.29. The van der Waals surface area contributed by atoms with E-state index in [1.807, 2.05) is 35.9 Å². The van der Waals surface area contributed by atoms with Gasteiger partial charge in [-0.1, -0.05) is 0 Å². The Balaban J connectivity index is 1.70. The number of nitrogens with zero attached hydrogens (tertiary/aromatic N) is 2. The van der Waals surface area contributed by atoms with Gasteiger partial charge in [0, 0.05) is 23.1 Å². The van der Waals surface area contributed by atoms with Gasteiger partial charge in [-0.15, -0.1) is 0 Å². The molecule has 1 amide bonds. The molecule has 1 saturated heterocycles. The Morgan fingerprint density at radius 3 is 3.00 bits per heavy atom. The number of hydrogen-bond acceptors (Lipinski definition) is 5. The second kappa shape index (κ2) is 5.27. The molecule has 2 aromatic rings. The molecule has 1 unspecified atom stereocenters. The summed E-state index contributed by atoms with van der Waals surface area (Å²) >= 11 is 0. The summed E-state index contributed by atoms with van der Waals surface area (Å²) in [7, 11) is 1.83. The maximum atomic E-state index is 12.0. The molecular weight excluding hydrogens is 298 g/mol. The number of likely N-dealkylation sites (N-methyl/N-ethyl adjacent to an activating group) is 1. The molecule has 2 aliphatic rings. The monoisotopic (exact) mass is 315 g/mol. The standard InChI is InChI=1S/C16H17N3O4/c1-17-8-12-9-19(16(21)23-12)11-2-3-13-10(6-11)7-14-15(20)22-5-4-18(13)14/h2-3,6-7,12,17H,4-5,8-9H2,1H3. The molecule has 1 fully saturated rings. The summed E-state index contributed by atoms with van der Waals surface area (Å²) in [5, 5.41) is 3.93. The van der Waals surface area contributed by atoms with Crippen molar-refractivity contribution in [2.75, 3.05) is 31.6 Å². The van der Waals surface area contributed by atoms with Crippen molar-refractivity contribution in [1.82, 2.24) is 9.88 Å². The molecule has 1 aromatic carbocycles. The number of aromatic nitrogens is 1. The van der Waals surface area contributed by atoms with Gasteiger partial charge < -0.3 is 19.4 Å². The highest BCUT2D eigenvalue weighted by atomic mass is 16.6. The van der Waals surface area contributed by atoms with Crippen LogP contribution in [-0.4, -0.2) is 49.5 Å². The third-order valence-corrected chi connectivity index (χ3v) is 4.26. The van der Waals surface area contributed by atoms with Crippen LogP contribution in [0, 0.1) is 0 Å². The summed E-state index contributed by atoms with van der Waals surface area (Å²) in [5.41, 5.74) is 2.30. The molecule has 2 aliphatic heterocycles. The van der Waals surface area contributed by atoms with E-state index in [9.17, 15) is 9.59 Å². The number of hydrogen-bond donors (Lipinski definition) is 1. The lowest BCUT2D eigenvalue weighted by atomic mass is 10.2. The van der Waals surface area contributed by atoms with E-state index in [0.717, 1.165) is 16.6 Å². The molecular formula is C16H17N3O4. The van der Waals surface area contributed by atoms with Gasteiger partial charge in [0.25, 0.3) is 0 Å². The molecule has 1 atom stereocenters. The average Bonchev–Trinajstić information content (AvgIpc) is 3.09. The number of anilines is 1. The first-order valence-electron chi connectivity index (χ1n) is 7.60. The van der Waals surface area contributed by atoms with Gasteiger partial charge in [-0.2, -0.15) is 0 Å². The van der Waals surface area contributed by atoms with Gasteiger partial charge >= 0.3 is 12.1 Å². The van der Waals surface area contributed by atoms with Crippen molar-refractivity contribution in [2.24, 2.45) is 0 Å². The van der Waals surface area contributed by atoms with E-state index in [1.165, 1.54) is 0 Å². The van der Waals surface area contributed by atoms with E-state index in [-0.39, 0.29) is 18.2 Å². The molecule has 7 nitrogen and oxygen atoms in total. The van der Waals surface area contributed by atoms with E-state index < -0.39 is 0 Å². The second-order valence-corrected chi connectivity index (χ2v) is 5.73. The van der Waals surface area contributed by atoms with Crippen molar-refractivity contribution in [3.8, 4) is 0 Å². The molecule has 7 heteroatoms. The molecule has 1 aromatic heterocycles. The third kappa shape index (κ3) is 2.24. The van der Waals surface area contributed by atoms with E-state index >= 15 is 0 Å². The van der Waals surface area contributed by atoms with Gasteiger partial charge in [-0.3, -0.25) is 4.90 Å². The fourth-order valence-corrected chi connectivity index (χ4v) is 3.21. The number of cyclic esters (lactones) is 2. The number of rotatable bonds is 3. The minimum absolute atomic E-state index is 0.152. The average molecular weight is 315 g/mol. The molecule has 120 valence electrons. The Morgan fingerprint density at radius 1 is 1.30 bits per heavy atom. The lowest BCUT2D eigenvalue weighted by molar-refractivity contribution is 0.0426. The minimum Gasteiger partial charge on any atom is -0.459 e. The highest BCUT2D eigenvalue weighted by molar-refractivity contribution is 5.99. The van der Waals surface area contributed by atoms with Crippen LogP contribution in [0.1, 0.15) is 10.5 Å². The molecule has 0 spiro atoms. The van der Waals surface area contributed by atoms with Gasteiger partial charge in [0.1, 0.15) is 18.4 Å². The van der Waals surface area contributed by atoms with Crippen LogP contribution in [0.2, 0.25) is 0 Å². The summed E-state index contributed by atoms with van der Waals surface area (Å²) in [6.45, 7) is 2.18. The second-order valence-electron chi connectivity index (χ2n) is 5.73. The van der Waals surface area contributed by atoms with Crippen molar-refractivity contribution < 1.29 is 19.1 Å². The van der Waals surface area contributed by atoms with E-state index in [1.54, 1.807) is 4.90 Å². The van der Waals surface area contributed by atoms with Crippen molar-refractivity contribution in [1.29, 1.82) is 0 Å². The molecule has 1 N–H and O–H groups in total. The number of amides is 1. The molecule has 0 aliphatic carbocycles. The predicted octanol–water partition coefficient (Wildman–Crippen LogP) is 1.36. The first kappa shape index (κ1) is 14.1. The van der Waals surface area contributed by atoms with E-state index in [4.69, 9.17) is 9.47 Å². The van der Waals surface area contributed by atoms with Crippen molar-refractivity contribution in [3.05, 3.63) is 30.0 Å². The first-order valence-corrected chi connectivity index (χ1v) is 7.60. The first-order chi connectivity index (χ1) is 11.2. The Labute approximate surface area is 132 Å². The largest absolute Gasteiger partial charge is 0.459 e. The van der Waals surface area contributed by atoms with Crippen LogP contribution in [0.25, 0.3) is 10.9 Å². The highest BCUT2D eigenvalue weighted by Gasteiger charge is 2.32. The zero-order valence-corrected chi connectivity index (χ0v) is 12.7. The topological polar surface area (TPSA) is 72.8 Å². The van der Waals surface area contributed by atoms with Crippen LogP contribution in [0.15, 0.2) is 24.3 Å². The zero-order chi connectivity index (χ0) is 16.0. The Kier molecular flexibility index (Phi) is 3.23. The number of carbonyl (C=O) groups is 2. The molecule has 23 heavy (non-hydrogen) atoms. The smallest absolute Gasteiger partial charge is 0.414 e. The number of esters is 1. The summed E-state index contributed by atoms with van der Waals surface area (Å²) < 4.78 is 12.4. The van der Waals surface area contributed by atoms with Crippen LogP contribution in [0.3, 0.4) is 0 Å². The maximum Gasteiger partial charge on any atom is 0.414 e.